The maximum atomic E-state index is 13.0. The number of piperidine rings is 1. The quantitative estimate of drug-likeness (QED) is 0.658. The zero-order chi connectivity index (χ0) is 21.1. The summed E-state index contributed by atoms with van der Waals surface area (Å²) in [6.45, 7) is 2.57. The number of aryl methyl sites for hydroxylation is 1. The third-order valence-corrected chi connectivity index (χ3v) is 7.30. The molecule has 0 unspecified atom stereocenters. The number of aromatic nitrogens is 2. The zero-order valence-electron chi connectivity index (χ0n) is 16.7. The van der Waals surface area contributed by atoms with Crippen LogP contribution in [0.4, 0.5) is 0 Å². The summed E-state index contributed by atoms with van der Waals surface area (Å²) >= 11 is 0. The average Bonchev–Trinajstić information content (AvgIpc) is 3.17. The predicted molar refractivity (Wildman–Crippen MR) is 114 cm³/mol. The van der Waals surface area contributed by atoms with Gasteiger partial charge in [-0.2, -0.15) is 9.40 Å². The molecule has 2 N–H and O–H groups in total. The molecule has 2 aromatic carbocycles. The van der Waals surface area contributed by atoms with Crippen LogP contribution in [0.15, 0.2) is 65.6 Å². The van der Waals surface area contributed by atoms with E-state index >= 15 is 0 Å². The molecule has 3 aromatic rings. The number of carbonyl (C=O) groups is 1. The molecule has 0 atom stereocenters. The average molecular weight is 425 g/mol. The number of hydrogen-bond acceptors (Lipinski definition) is 4. The molecule has 30 heavy (non-hydrogen) atoms. The van der Waals surface area contributed by atoms with E-state index in [1.54, 1.807) is 30.3 Å². The van der Waals surface area contributed by atoms with Gasteiger partial charge in [0.15, 0.2) is 0 Å². The Morgan fingerprint density at radius 3 is 2.27 bits per heavy atom. The molecule has 1 aliphatic heterocycles. The van der Waals surface area contributed by atoms with E-state index in [0.717, 1.165) is 5.56 Å². The van der Waals surface area contributed by atoms with Crippen LogP contribution in [0.3, 0.4) is 0 Å². The van der Waals surface area contributed by atoms with Gasteiger partial charge in [-0.05, 0) is 31.9 Å². The van der Waals surface area contributed by atoms with Crippen molar-refractivity contribution in [1.82, 2.24) is 19.8 Å². The van der Waals surface area contributed by atoms with Gasteiger partial charge in [-0.25, -0.2) is 8.42 Å². The third kappa shape index (κ3) is 4.01. The van der Waals surface area contributed by atoms with Crippen LogP contribution in [0.5, 0.6) is 0 Å². The molecular formula is C22H24N4O3S. The molecule has 4 rings (SSSR count). The minimum atomic E-state index is -3.50. The second-order valence-electron chi connectivity index (χ2n) is 7.40. The van der Waals surface area contributed by atoms with Crippen LogP contribution in [-0.4, -0.2) is 48.0 Å². The summed E-state index contributed by atoms with van der Waals surface area (Å²) in [5.74, 6) is -0.190. The second-order valence-corrected chi connectivity index (χ2v) is 9.34. The molecule has 1 fully saturated rings. The van der Waals surface area contributed by atoms with Gasteiger partial charge in [-0.15, -0.1) is 0 Å². The van der Waals surface area contributed by atoms with Crippen LogP contribution in [0.2, 0.25) is 0 Å². The highest BCUT2D eigenvalue weighted by molar-refractivity contribution is 7.89. The van der Waals surface area contributed by atoms with Crippen molar-refractivity contribution >= 4 is 15.9 Å². The van der Waals surface area contributed by atoms with E-state index in [9.17, 15) is 13.2 Å². The van der Waals surface area contributed by atoms with Crippen molar-refractivity contribution in [2.45, 2.75) is 30.7 Å². The number of rotatable bonds is 5. The summed E-state index contributed by atoms with van der Waals surface area (Å²) in [7, 11) is -3.50. The Morgan fingerprint density at radius 2 is 1.63 bits per heavy atom. The van der Waals surface area contributed by atoms with E-state index in [2.05, 4.69) is 15.5 Å². The summed E-state index contributed by atoms with van der Waals surface area (Å²) in [5.41, 5.74) is 2.72. The second kappa shape index (κ2) is 8.41. The number of carbonyl (C=O) groups excluding carboxylic acids is 1. The van der Waals surface area contributed by atoms with Crippen molar-refractivity contribution < 1.29 is 13.2 Å². The first-order valence-corrected chi connectivity index (χ1v) is 11.4. The van der Waals surface area contributed by atoms with Gasteiger partial charge >= 0.3 is 0 Å². The first kappa shape index (κ1) is 20.3. The predicted octanol–water partition coefficient (Wildman–Crippen LogP) is 2.97. The van der Waals surface area contributed by atoms with Gasteiger partial charge in [-0.1, -0.05) is 48.5 Å². The topological polar surface area (TPSA) is 95.2 Å². The number of amides is 1. The summed E-state index contributed by atoms with van der Waals surface area (Å²) in [6.07, 6.45) is 1.13. The molecule has 8 heteroatoms. The lowest BCUT2D eigenvalue weighted by atomic mass is 10.0. The molecule has 0 saturated carbocycles. The normalized spacial score (nSPS) is 15.8. The molecule has 7 nitrogen and oxygen atoms in total. The highest BCUT2D eigenvalue weighted by Gasteiger charge is 2.30. The third-order valence-electron chi connectivity index (χ3n) is 5.39. The molecule has 0 spiro atoms. The van der Waals surface area contributed by atoms with E-state index in [1.165, 1.54) is 4.31 Å². The van der Waals surface area contributed by atoms with E-state index in [-0.39, 0.29) is 11.9 Å². The lowest BCUT2D eigenvalue weighted by Crippen LogP contribution is -2.46. The Kier molecular flexibility index (Phi) is 5.69. The van der Waals surface area contributed by atoms with Crippen molar-refractivity contribution in [3.05, 3.63) is 71.9 Å². The van der Waals surface area contributed by atoms with Crippen LogP contribution in [0.25, 0.3) is 11.3 Å². The first-order valence-electron chi connectivity index (χ1n) is 9.93. The maximum Gasteiger partial charge on any atom is 0.255 e. The summed E-state index contributed by atoms with van der Waals surface area (Å²) in [6, 6.07) is 17.9. The van der Waals surface area contributed by atoms with Gasteiger partial charge in [-0.3, -0.25) is 9.89 Å². The number of benzene rings is 2. The number of nitrogens with zero attached hydrogens (tertiary/aromatic N) is 2. The Balaban J connectivity index is 1.43. The SMILES string of the molecule is Cc1[nH]nc(-c2ccccc2)c1C(=O)NC1CCN(S(=O)(=O)c2ccccc2)CC1. The fraction of sp³-hybridized carbons (Fsp3) is 0.273. The summed E-state index contributed by atoms with van der Waals surface area (Å²) in [5, 5.41) is 10.3. The van der Waals surface area contributed by atoms with E-state index in [0.29, 0.717) is 47.8 Å². The standard InChI is InChI=1S/C22H24N4O3S/c1-16-20(21(25-24-16)17-8-4-2-5-9-17)22(27)23-18-12-14-26(15-13-18)30(28,29)19-10-6-3-7-11-19/h2-11,18H,12-15H2,1H3,(H,23,27)(H,24,25). The lowest BCUT2D eigenvalue weighted by molar-refractivity contribution is 0.0924. The highest BCUT2D eigenvalue weighted by atomic mass is 32.2. The van der Waals surface area contributed by atoms with Gasteiger partial charge < -0.3 is 5.32 Å². The molecular weight excluding hydrogens is 400 g/mol. The lowest BCUT2D eigenvalue weighted by Gasteiger charge is -2.31. The van der Waals surface area contributed by atoms with Crippen molar-refractivity contribution in [2.75, 3.05) is 13.1 Å². The number of aromatic amines is 1. The number of H-pyrrole nitrogens is 1. The van der Waals surface area contributed by atoms with Crippen LogP contribution in [0.1, 0.15) is 28.9 Å². The first-order chi connectivity index (χ1) is 14.5. The van der Waals surface area contributed by atoms with E-state index in [4.69, 9.17) is 0 Å². The van der Waals surface area contributed by atoms with E-state index < -0.39 is 10.0 Å². The Hall–Kier alpha value is -2.97. The van der Waals surface area contributed by atoms with Gasteiger partial charge in [0.1, 0.15) is 5.69 Å². The largest absolute Gasteiger partial charge is 0.349 e. The maximum absolute atomic E-state index is 13.0. The number of hydrogen-bond donors (Lipinski definition) is 2. The fourth-order valence-electron chi connectivity index (χ4n) is 3.75. The molecule has 1 amide bonds. The molecule has 1 saturated heterocycles. The number of sulfonamides is 1. The monoisotopic (exact) mass is 424 g/mol. The van der Waals surface area contributed by atoms with Crippen LogP contribution in [-0.2, 0) is 10.0 Å². The minimum absolute atomic E-state index is 0.0855. The van der Waals surface area contributed by atoms with Crippen LogP contribution >= 0.6 is 0 Å². The Bertz CT molecular complexity index is 1120. The smallest absolute Gasteiger partial charge is 0.255 e. The van der Waals surface area contributed by atoms with Crippen molar-refractivity contribution in [1.29, 1.82) is 0 Å². The van der Waals surface area contributed by atoms with E-state index in [1.807, 2.05) is 37.3 Å². The molecule has 1 aromatic heterocycles. The zero-order valence-corrected chi connectivity index (χ0v) is 17.5. The molecule has 156 valence electrons. The minimum Gasteiger partial charge on any atom is -0.349 e. The molecule has 0 aliphatic carbocycles. The van der Waals surface area contributed by atoms with Crippen LogP contribution < -0.4 is 5.32 Å². The Morgan fingerprint density at radius 1 is 1.03 bits per heavy atom. The fourth-order valence-corrected chi connectivity index (χ4v) is 5.24. The van der Waals surface area contributed by atoms with Crippen LogP contribution in [0, 0.1) is 6.92 Å². The van der Waals surface area contributed by atoms with Crippen molar-refractivity contribution in [2.24, 2.45) is 0 Å². The Labute approximate surface area is 176 Å². The summed E-state index contributed by atoms with van der Waals surface area (Å²) < 4.78 is 27.0. The molecule has 2 heterocycles. The summed E-state index contributed by atoms with van der Waals surface area (Å²) in [4.78, 5) is 13.3. The van der Waals surface area contributed by atoms with Crippen molar-refractivity contribution in [3.8, 4) is 11.3 Å². The highest BCUT2D eigenvalue weighted by Crippen LogP contribution is 2.25. The van der Waals surface area contributed by atoms with Gasteiger partial charge in [0, 0.05) is 30.4 Å². The molecule has 0 bridgehead atoms. The molecule has 0 radical (unpaired) electrons. The van der Waals surface area contributed by atoms with Gasteiger partial charge in [0.2, 0.25) is 10.0 Å². The number of nitrogens with one attached hydrogen (secondary N) is 2. The van der Waals surface area contributed by atoms with Gasteiger partial charge in [0.25, 0.3) is 5.91 Å². The van der Waals surface area contributed by atoms with Crippen molar-refractivity contribution in [3.63, 3.8) is 0 Å². The van der Waals surface area contributed by atoms with Gasteiger partial charge in [0.05, 0.1) is 10.5 Å². The molecule has 1 aliphatic rings.